The third-order valence-corrected chi connectivity index (χ3v) is 1.86. The van der Waals surface area contributed by atoms with Gasteiger partial charge >= 0.3 is 0 Å². The summed E-state index contributed by atoms with van der Waals surface area (Å²) in [7, 11) is 3.95. The van der Waals surface area contributed by atoms with Crippen LogP contribution in [0.4, 0.5) is 4.39 Å². The van der Waals surface area contributed by atoms with Crippen molar-refractivity contribution in [3.63, 3.8) is 0 Å². The Hall–Kier alpha value is -0.150. The quantitative estimate of drug-likeness (QED) is 0.594. The Labute approximate surface area is 61.4 Å². The first-order chi connectivity index (χ1) is 4.70. The lowest BCUT2D eigenvalue weighted by molar-refractivity contribution is 0.231. The summed E-state index contributed by atoms with van der Waals surface area (Å²) in [5.41, 5.74) is 0. The molecule has 1 aliphatic heterocycles. The van der Waals surface area contributed by atoms with Gasteiger partial charge in [-0.3, -0.25) is 0 Å². The van der Waals surface area contributed by atoms with Crippen LogP contribution in [0.15, 0.2) is 0 Å². The van der Waals surface area contributed by atoms with Crippen LogP contribution >= 0.6 is 0 Å². The van der Waals surface area contributed by atoms with Crippen molar-refractivity contribution < 1.29 is 4.39 Å². The zero-order chi connectivity index (χ0) is 7.56. The molecule has 0 amide bonds. The summed E-state index contributed by atoms with van der Waals surface area (Å²) in [5, 5.41) is 3.03. The van der Waals surface area contributed by atoms with Crippen LogP contribution in [0.3, 0.4) is 0 Å². The Morgan fingerprint density at radius 2 is 2.20 bits per heavy atom. The number of alkyl halides is 1. The summed E-state index contributed by atoms with van der Waals surface area (Å²) in [6.45, 7) is 2.23. The summed E-state index contributed by atoms with van der Waals surface area (Å²) >= 11 is 0. The van der Waals surface area contributed by atoms with Gasteiger partial charge in [0.1, 0.15) is 6.17 Å². The van der Waals surface area contributed by atoms with Gasteiger partial charge in [-0.2, -0.15) is 0 Å². The van der Waals surface area contributed by atoms with E-state index < -0.39 is 6.17 Å². The van der Waals surface area contributed by atoms with Crippen LogP contribution < -0.4 is 5.32 Å². The Morgan fingerprint density at radius 1 is 1.50 bits per heavy atom. The number of hydrogen-bond acceptors (Lipinski definition) is 2. The third-order valence-electron chi connectivity index (χ3n) is 1.86. The molecular formula is C7H15FN2. The number of hydrogen-bond donors (Lipinski definition) is 1. The molecule has 1 heterocycles. The smallest absolute Gasteiger partial charge is 0.118 e. The molecule has 10 heavy (non-hydrogen) atoms. The highest BCUT2D eigenvalue weighted by Gasteiger charge is 2.26. The molecule has 0 radical (unpaired) electrons. The van der Waals surface area contributed by atoms with E-state index in [-0.39, 0.29) is 5.92 Å². The molecule has 3 heteroatoms. The van der Waals surface area contributed by atoms with Gasteiger partial charge in [0, 0.05) is 25.6 Å². The average molecular weight is 146 g/mol. The first-order valence-corrected chi connectivity index (χ1v) is 3.69. The number of nitrogens with one attached hydrogen (secondary N) is 1. The molecule has 0 aliphatic carbocycles. The molecule has 1 N–H and O–H groups in total. The zero-order valence-corrected chi connectivity index (χ0v) is 6.60. The fourth-order valence-electron chi connectivity index (χ4n) is 1.35. The summed E-state index contributed by atoms with van der Waals surface area (Å²) < 4.78 is 12.9. The second-order valence-electron chi connectivity index (χ2n) is 3.20. The lowest BCUT2D eigenvalue weighted by Gasteiger charge is -2.16. The Kier molecular flexibility index (Phi) is 2.63. The van der Waals surface area contributed by atoms with Crippen molar-refractivity contribution in [1.82, 2.24) is 10.2 Å². The number of rotatable bonds is 2. The second-order valence-corrected chi connectivity index (χ2v) is 3.20. The summed E-state index contributed by atoms with van der Waals surface area (Å²) in [5.74, 6) is 0.204. The zero-order valence-electron chi connectivity index (χ0n) is 6.60. The molecule has 1 saturated heterocycles. The van der Waals surface area contributed by atoms with Crippen LogP contribution in [-0.4, -0.2) is 44.8 Å². The fraction of sp³-hybridized carbons (Fsp3) is 1.00. The van der Waals surface area contributed by atoms with Gasteiger partial charge in [0.2, 0.25) is 0 Å². The van der Waals surface area contributed by atoms with Gasteiger partial charge in [0.05, 0.1) is 0 Å². The molecular weight excluding hydrogens is 131 g/mol. The van der Waals surface area contributed by atoms with Crippen LogP contribution in [0, 0.1) is 5.92 Å². The van der Waals surface area contributed by atoms with Crippen LogP contribution in [0.25, 0.3) is 0 Å². The van der Waals surface area contributed by atoms with E-state index in [1.807, 2.05) is 19.0 Å². The predicted octanol–water partition coefficient (Wildman–Crippen LogP) is 0.106. The summed E-state index contributed by atoms with van der Waals surface area (Å²) in [6.07, 6.45) is -0.637. The Bertz CT molecular complexity index is 106. The minimum atomic E-state index is -0.637. The van der Waals surface area contributed by atoms with E-state index in [0.29, 0.717) is 6.54 Å². The van der Waals surface area contributed by atoms with E-state index in [0.717, 1.165) is 13.1 Å². The van der Waals surface area contributed by atoms with Gasteiger partial charge in [-0.1, -0.05) is 0 Å². The summed E-state index contributed by atoms with van der Waals surface area (Å²) in [4.78, 5) is 2.03. The first-order valence-electron chi connectivity index (χ1n) is 3.69. The van der Waals surface area contributed by atoms with Gasteiger partial charge in [0.15, 0.2) is 0 Å². The van der Waals surface area contributed by atoms with Gasteiger partial charge < -0.3 is 10.2 Å². The predicted molar refractivity (Wildman–Crippen MR) is 39.8 cm³/mol. The van der Waals surface area contributed by atoms with Crippen LogP contribution in [-0.2, 0) is 0 Å². The fourth-order valence-corrected chi connectivity index (χ4v) is 1.35. The van der Waals surface area contributed by atoms with E-state index in [1.165, 1.54) is 0 Å². The molecule has 0 saturated carbocycles. The van der Waals surface area contributed by atoms with E-state index in [4.69, 9.17) is 0 Å². The Balaban J connectivity index is 2.26. The van der Waals surface area contributed by atoms with Crippen LogP contribution in [0.2, 0.25) is 0 Å². The largest absolute Gasteiger partial charge is 0.313 e. The second kappa shape index (κ2) is 3.30. The SMILES string of the molecule is CN(C)C[C@H]1CNC[C@H]1F. The molecule has 0 aromatic heterocycles. The number of halogens is 1. The molecule has 60 valence electrons. The van der Waals surface area contributed by atoms with Gasteiger partial charge in [0.25, 0.3) is 0 Å². The molecule has 2 nitrogen and oxygen atoms in total. The van der Waals surface area contributed by atoms with Crippen molar-refractivity contribution in [1.29, 1.82) is 0 Å². The van der Waals surface area contributed by atoms with Crippen molar-refractivity contribution in [2.45, 2.75) is 6.17 Å². The molecule has 0 spiro atoms. The van der Waals surface area contributed by atoms with Crippen molar-refractivity contribution >= 4 is 0 Å². The topological polar surface area (TPSA) is 15.3 Å². The van der Waals surface area contributed by atoms with Gasteiger partial charge in [-0.15, -0.1) is 0 Å². The molecule has 0 bridgehead atoms. The minimum Gasteiger partial charge on any atom is -0.313 e. The monoisotopic (exact) mass is 146 g/mol. The highest BCUT2D eigenvalue weighted by atomic mass is 19.1. The first kappa shape index (κ1) is 7.95. The van der Waals surface area contributed by atoms with Crippen molar-refractivity contribution in [2.75, 3.05) is 33.7 Å². The molecule has 0 unspecified atom stereocenters. The molecule has 1 fully saturated rings. The molecule has 0 aromatic carbocycles. The molecule has 1 aliphatic rings. The lowest BCUT2D eigenvalue weighted by Crippen LogP contribution is -2.27. The average Bonchev–Trinajstić information content (AvgIpc) is 2.15. The highest BCUT2D eigenvalue weighted by Crippen LogP contribution is 2.12. The summed E-state index contributed by atoms with van der Waals surface area (Å²) in [6, 6.07) is 0. The maximum Gasteiger partial charge on any atom is 0.118 e. The maximum atomic E-state index is 12.9. The van der Waals surface area contributed by atoms with Crippen molar-refractivity contribution in [3.8, 4) is 0 Å². The maximum absolute atomic E-state index is 12.9. The molecule has 0 aromatic rings. The van der Waals surface area contributed by atoms with E-state index in [1.54, 1.807) is 0 Å². The minimum absolute atomic E-state index is 0.204. The van der Waals surface area contributed by atoms with Crippen LogP contribution in [0.1, 0.15) is 0 Å². The van der Waals surface area contributed by atoms with E-state index in [2.05, 4.69) is 5.32 Å². The molecule has 2 atom stereocenters. The van der Waals surface area contributed by atoms with Crippen LogP contribution in [0.5, 0.6) is 0 Å². The lowest BCUT2D eigenvalue weighted by atomic mass is 10.1. The van der Waals surface area contributed by atoms with Crippen molar-refractivity contribution in [3.05, 3.63) is 0 Å². The van der Waals surface area contributed by atoms with Crippen molar-refractivity contribution in [2.24, 2.45) is 5.92 Å². The highest BCUT2D eigenvalue weighted by molar-refractivity contribution is 4.81. The molecule has 1 rings (SSSR count). The van der Waals surface area contributed by atoms with E-state index >= 15 is 0 Å². The standard InChI is InChI=1S/C7H15FN2/c1-10(2)5-6-3-9-4-7(6)8/h6-7,9H,3-5H2,1-2H3/t6-,7-/m1/s1. The normalized spacial score (nSPS) is 33.6. The third kappa shape index (κ3) is 1.92. The number of nitrogens with zero attached hydrogens (tertiary/aromatic N) is 1. The van der Waals surface area contributed by atoms with Gasteiger partial charge in [-0.25, -0.2) is 4.39 Å². The van der Waals surface area contributed by atoms with Gasteiger partial charge in [-0.05, 0) is 14.1 Å². The Morgan fingerprint density at radius 3 is 2.60 bits per heavy atom. The van der Waals surface area contributed by atoms with E-state index in [9.17, 15) is 4.39 Å².